The molecule has 1 rings (SSSR count). The van der Waals surface area contributed by atoms with Crippen LogP contribution in [-0.2, 0) is 4.84 Å². The molecule has 0 heterocycles. The number of hydrogen-bond acceptors (Lipinski definition) is 3. The molecule has 0 radical (unpaired) electrons. The summed E-state index contributed by atoms with van der Waals surface area (Å²) in [6.45, 7) is 0. The third-order valence-corrected chi connectivity index (χ3v) is 1.66. The van der Waals surface area contributed by atoms with Crippen molar-refractivity contribution < 1.29 is 9.63 Å². The van der Waals surface area contributed by atoms with Crippen molar-refractivity contribution in [1.29, 1.82) is 0 Å². The van der Waals surface area contributed by atoms with E-state index < -0.39 is 6.09 Å². The van der Waals surface area contributed by atoms with Gasteiger partial charge in [-0.15, -0.1) is 0 Å². The molecule has 0 saturated carbocycles. The van der Waals surface area contributed by atoms with E-state index in [9.17, 15) is 4.79 Å². The molecule has 5 heteroatoms. The number of amides is 1. The lowest BCUT2D eigenvalue weighted by molar-refractivity contribution is 0.154. The molecule has 0 aliphatic heterocycles. The highest BCUT2D eigenvalue weighted by Gasteiger charge is 1.93. The average Bonchev–Trinajstić information content (AvgIpc) is 2.21. The first-order chi connectivity index (χ1) is 6.72. The number of halogens is 1. The van der Waals surface area contributed by atoms with E-state index in [1.54, 1.807) is 24.3 Å². The molecule has 0 spiro atoms. The van der Waals surface area contributed by atoms with Crippen LogP contribution in [0.4, 0.5) is 4.79 Å². The minimum absolute atomic E-state index is 0.602. The fourth-order valence-corrected chi connectivity index (χ4v) is 0.856. The predicted molar refractivity (Wildman–Crippen MR) is 54.6 cm³/mol. The molecule has 0 aliphatic carbocycles. The second-order valence-corrected chi connectivity index (χ2v) is 2.85. The summed E-state index contributed by atoms with van der Waals surface area (Å²) in [5.74, 6) is 0. The second kappa shape index (κ2) is 5.24. The third kappa shape index (κ3) is 3.45. The highest BCUT2D eigenvalue weighted by Crippen LogP contribution is 2.07. The van der Waals surface area contributed by atoms with Crippen LogP contribution in [0.15, 0.2) is 29.4 Å². The lowest BCUT2D eigenvalue weighted by Crippen LogP contribution is -2.16. The molecule has 1 aromatic carbocycles. The Morgan fingerprint density at radius 2 is 2.14 bits per heavy atom. The zero-order chi connectivity index (χ0) is 10.4. The molecule has 14 heavy (non-hydrogen) atoms. The number of benzene rings is 1. The lowest BCUT2D eigenvalue weighted by Gasteiger charge is -1.94. The molecule has 0 bridgehead atoms. The zero-order valence-corrected chi connectivity index (χ0v) is 8.28. The SMILES string of the molecule is CNC(=O)O/N=C/c1ccc(Cl)cc1. The molecular formula is C9H9ClN2O2. The molecule has 74 valence electrons. The molecule has 1 amide bonds. The largest absolute Gasteiger partial charge is 0.433 e. The maximum atomic E-state index is 10.6. The Labute approximate surface area is 86.5 Å². The van der Waals surface area contributed by atoms with E-state index in [0.29, 0.717) is 5.02 Å². The van der Waals surface area contributed by atoms with Crippen LogP contribution >= 0.6 is 11.6 Å². The Morgan fingerprint density at radius 1 is 1.50 bits per heavy atom. The normalized spacial score (nSPS) is 10.1. The van der Waals surface area contributed by atoms with Gasteiger partial charge < -0.3 is 5.32 Å². The zero-order valence-electron chi connectivity index (χ0n) is 7.53. The molecule has 0 saturated heterocycles. The number of nitrogens with one attached hydrogen (secondary N) is 1. The maximum absolute atomic E-state index is 10.6. The number of carbonyl (C=O) groups excluding carboxylic acids is 1. The van der Waals surface area contributed by atoms with Crippen LogP contribution in [0.2, 0.25) is 5.02 Å². The first kappa shape index (κ1) is 10.5. The predicted octanol–water partition coefficient (Wildman–Crippen LogP) is 2.03. The van der Waals surface area contributed by atoms with Crippen molar-refractivity contribution in [1.82, 2.24) is 5.32 Å². The van der Waals surface area contributed by atoms with Gasteiger partial charge in [-0.05, 0) is 17.7 Å². The monoisotopic (exact) mass is 212 g/mol. The molecule has 4 nitrogen and oxygen atoms in total. The van der Waals surface area contributed by atoms with Gasteiger partial charge in [0.15, 0.2) is 0 Å². The van der Waals surface area contributed by atoms with Gasteiger partial charge in [-0.3, -0.25) is 4.84 Å². The number of oxime groups is 1. The Kier molecular flexibility index (Phi) is 3.94. The summed E-state index contributed by atoms with van der Waals surface area (Å²) in [6.07, 6.45) is 0.821. The van der Waals surface area contributed by atoms with Gasteiger partial charge in [0.1, 0.15) is 0 Å². The van der Waals surface area contributed by atoms with E-state index in [1.165, 1.54) is 13.3 Å². The van der Waals surface area contributed by atoms with E-state index in [0.717, 1.165) is 5.56 Å². The smallest absolute Gasteiger partial charge is 0.323 e. The van der Waals surface area contributed by atoms with Crippen LogP contribution in [0.1, 0.15) is 5.56 Å². The number of rotatable bonds is 2. The fourth-order valence-electron chi connectivity index (χ4n) is 0.730. The van der Waals surface area contributed by atoms with Crippen molar-refractivity contribution in [2.45, 2.75) is 0 Å². The third-order valence-electron chi connectivity index (χ3n) is 1.41. The minimum Gasteiger partial charge on any atom is -0.323 e. The van der Waals surface area contributed by atoms with Gasteiger partial charge in [-0.25, -0.2) is 4.79 Å². The summed E-state index contributed by atoms with van der Waals surface area (Å²) in [7, 11) is 1.46. The van der Waals surface area contributed by atoms with Gasteiger partial charge in [0.2, 0.25) is 0 Å². The average molecular weight is 213 g/mol. The van der Waals surface area contributed by atoms with Crippen LogP contribution in [0.25, 0.3) is 0 Å². The first-order valence-electron chi connectivity index (χ1n) is 3.90. The second-order valence-electron chi connectivity index (χ2n) is 2.41. The Morgan fingerprint density at radius 3 is 2.71 bits per heavy atom. The van der Waals surface area contributed by atoms with Gasteiger partial charge in [0.25, 0.3) is 0 Å². The van der Waals surface area contributed by atoms with E-state index in [4.69, 9.17) is 11.6 Å². The molecule has 0 aromatic heterocycles. The van der Waals surface area contributed by atoms with E-state index >= 15 is 0 Å². The molecule has 0 fully saturated rings. The van der Waals surface area contributed by atoms with Gasteiger partial charge in [-0.2, -0.15) is 0 Å². The van der Waals surface area contributed by atoms with Crippen molar-refractivity contribution in [3.05, 3.63) is 34.9 Å². The highest BCUT2D eigenvalue weighted by molar-refractivity contribution is 6.30. The van der Waals surface area contributed by atoms with E-state index in [2.05, 4.69) is 15.3 Å². The topological polar surface area (TPSA) is 50.7 Å². The van der Waals surface area contributed by atoms with Crippen molar-refractivity contribution in [2.75, 3.05) is 7.05 Å². The summed E-state index contributed by atoms with van der Waals surface area (Å²) in [5.41, 5.74) is 0.804. The molecule has 1 N–H and O–H groups in total. The Bertz CT molecular complexity index is 335. The summed E-state index contributed by atoms with van der Waals surface area (Å²) < 4.78 is 0. The Hall–Kier alpha value is -1.55. The first-order valence-corrected chi connectivity index (χ1v) is 4.28. The van der Waals surface area contributed by atoms with Crippen LogP contribution < -0.4 is 5.32 Å². The number of hydrogen-bond donors (Lipinski definition) is 1. The van der Waals surface area contributed by atoms with E-state index in [1.807, 2.05) is 0 Å². The molecule has 1 aromatic rings. The standard InChI is InChI=1S/C9H9ClN2O2/c1-11-9(13)14-12-6-7-2-4-8(10)5-3-7/h2-6H,1H3,(H,11,13)/b12-6+. The van der Waals surface area contributed by atoms with Crippen molar-refractivity contribution in [3.8, 4) is 0 Å². The number of carbonyl (C=O) groups is 1. The van der Waals surface area contributed by atoms with Crippen LogP contribution in [0, 0.1) is 0 Å². The summed E-state index contributed by atoms with van der Waals surface area (Å²) >= 11 is 5.68. The van der Waals surface area contributed by atoms with Gasteiger partial charge in [0.05, 0.1) is 6.21 Å². The summed E-state index contributed by atoms with van der Waals surface area (Å²) in [4.78, 5) is 15.0. The molecule has 0 unspecified atom stereocenters. The fraction of sp³-hybridized carbons (Fsp3) is 0.111. The maximum Gasteiger partial charge on any atom is 0.433 e. The van der Waals surface area contributed by atoms with Gasteiger partial charge in [-0.1, -0.05) is 28.9 Å². The van der Waals surface area contributed by atoms with Gasteiger partial charge >= 0.3 is 6.09 Å². The molecular weight excluding hydrogens is 204 g/mol. The summed E-state index contributed by atoms with van der Waals surface area (Å²) in [5, 5.41) is 6.37. The van der Waals surface area contributed by atoms with E-state index in [-0.39, 0.29) is 0 Å². The van der Waals surface area contributed by atoms with Crippen molar-refractivity contribution in [2.24, 2.45) is 5.16 Å². The summed E-state index contributed by atoms with van der Waals surface area (Å²) in [6, 6.07) is 6.98. The van der Waals surface area contributed by atoms with Gasteiger partial charge in [0, 0.05) is 12.1 Å². The van der Waals surface area contributed by atoms with Crippen LogP contribution in [0.5, 0.6) is 0 Å². The Balaban J connectivity index is 2.52. The number of nitrogens with zero attached hydrogens (tertiary/aromatic N) is 1. The van der Waals surface area contributed by atoms with Crippen molar-refractivity contribution >= 4 is 23.9 Å². The van der Waals surface area contributed by atoms with Crippen LogP contribution in [0.3, 0.4) is 0 Å². The quantitative estimate of drug-likeness (QED) is 0.463. The minimum atomic E-state index is -0.602. The lowest BCUT2D eigenvalue weighted by atomic mass is 10.2. The van der Waals surface area contributed by atoms with Crippen molar-refractivity contribution in [3.63, 3.8) is 0 Å². The molecule has 0 atom stereocenters. The molecule has 0 aliphatic rings. The van der Waals surface area contributed by atoms with Crippen LogP contribution in [-0.4, -0.2) is 19.4 Å². The highest BCUT2D eigenvalue weighted by atomic mass is 35.5.